The Morgan fingerprint density at radius 3 is 2.21 bits per heavy atom. The third kappa shape index (κ3) is 5.10. The zero-order chi connectivity index (χ0) is 20.1. The van der Waals surface area contributed by atoms with Crippen LogP contribution in [0.2, 0.25) is 0 Å². The summed E-state index contributed by atoms with van der Waals surface area (Å²) in [6, 6.07) is 10.6. The topological polar surface area (TPSA) is 83.1 Å². The molecule has 0 fully saturated rings. The third-order valence-corrected chi connectivity index (χ3v) is 4.76. The van der Waals surface area contributed by atoms with Gasteiger partial charge in [0.05, 0.1) is 5.69 Å². The molecular formula is C19H16F2N4O2S. The number of aryl methyl sites for hydroxylation is 1. The van der Waals surface area contributed by atoms with Crippen molar-refractivity contribution < 1.29 is 18.4 Å². The number of carbonyl (C=O) groups excluding carboxylic acids is 2. The summed E-state index contributed by atoms with van der Waals surface area (Å²) in [4.78, 5) is 28.9. The molecule has 3 amide bonds. The quantitative estimate of drug-likeness (QED) is 0.595. The van der Waals surface area contributed by atoms with Gasteiger partial charge in [-0.05, 0) is 48.9 Å². The molecule has 0 bridgehead atoms. The van der Waals surface area contributed by atoms with Crippen LogP contribution >= 0.6 is 11.3 Å². The number of amides is 3. The van der Waals surface area contributed by atoms with Crippen LogP contribution in [0, 0.1) is 18.6 Å². The molecule has 1 aromatic heterocycles. The summed E-state index contributed by atoms with van der Waals surface area (Å²) in [6.45, 7) is 1.90. The van der Waals surface area contributed by atoms with Gasteiger partial charge in [0, 0.05) is 12.2 Å². The highest BCUT2D eigenvalue weighted by atomic mass is 32.1. The molecule has 0 aliphatic heterocycles. The van der Waals surface area contributed by atoms with Crippen molar-refractivity contribution in [2.75, 3.05) is 10.6 Å². The predicted octanol–water partition coefficient (Wildman–Crippen LogP) is 4.30. The highest BCUT2D eigenvalue weighted by molar-refractivity contribution is 7.17. The lowest BCUT2D eigenvalue weighted by molar-refractivity contribution is 0.0954. The molecule has 0 aliphatic carbocycles. The number of nitrogens with zero attached hydrogens (tertiary/aromatic N) is 1. The number of rotatable bonds is 5. The van der Waals surface area contributed by atoms with Gasteiger partial charge in [-0.2, -0.15) is 0 Å². The SMILES string of the molecule is Cc1nc(NC(=O)Nc2ccc(F)cc2)sc1C(=O)NCc1ccc(F)cc1. The lowest BCUT2D eigenvalue weighted by atomic mass is 10.2. The number of hydrogen-bond donors (Lipinski definition) is 3. The Hall–Kier alpha value is -3.33. The molecule has 0 aliphatic rings. The van der Waals surface area contributed by atoms with Gasteiger partial charge >= 0.3 is 6.03 Å². The summed E-state index contributed by atoms with van der Waals surface area (Å²) in [6.07, 6.45) is 0. The summed E-state index contributed by atoms with van der Waals surface area (Å²) >= 11 is 1.03. The first-order chi connectivity index (χ1) is 13.4. The van der Waals surface area contributed by atoms with Crippen molar-refractivity contribution in [3.8, 4) is 0 Å². The van der Waals surface area contributed by atoms with Gasteiger partial charge in [0.15, 0.2) is 5.13 Å². The van der Waals surface area contributed by atoms with Gasteiger partial charge < -0.3 is 10.6 Å². The first kappa shape index (κ1) is 19.4. The van der Waals surface area contributed by atoms with E-state index in [1.807, 2.05) is 0 Å². The molecule has 28 heavy (non-hydrogen) atoms. The zero-order valence-electron chi connectivity index (χ0n) is 14.8. The Morgan fingerprint density at radius 2 is 1.57 bits per heavy atom. The zero-order valence-corrected chi connectivity index (χ0v) is 15.6. The van der Waals surface area contributed by atoms with Crippen LogP contribution in [0.5, 0.6) is 0 Å². The Bertz CT molecular complexity index is 988. The Kier molecular flexibility index (Phi) is 5.95. The van der Waals surface area contributed by atoms with E-state index < -0.39 is 11.8 Å². The van der Waals surface area contributed by atoms with Crippen LogP contribution in [-0.2, 0) is 6.54 Å². The van der Waals surface area contributed by atoms with E-state index in [1.165, 1.54) is 36.4 Å². The second-order valence-corrected chi connectivity index (χ2v) is 6.83. The number of carbonyl (C=O) groups is 2. The van der Waals surface area contributed by atoms with Gasteiger partial charge in [-0.3, -0.25) is 10.1 Å². The molecule has 0 saturated heterocycles. The number of aromatic nitrogens is 1. The van der Waals surface area contributed by atoms with E-state index in [0.29, 0.717) is 16.3 Å². The van der Waals surface area contributed by atoms with Crippen LogP contribution in [0.4, 0.5) is 24.4 Å². The van der Waals surface area contributed by atoms with Crippen molar-refractivity contribution in [2.45, 2.75) is 13.5 Å². The van der Waals surface area contributed by atoms with E-state index in [4.69, 9.17) is 0 Å². The van der Waals surface area contributed by atoms with Crippen LogP contribution < -0.4 is 16.0 Å². The molecule has 6 nitrogen and oxygen atoms in total. The monoisotopic (exact) mass is 402 g/mol. The molecule has 0 radical (unpaired) electrons. The number of anilines is 2. The van der Waals surface area contributed by atoms with E-state index >= 15 is 0 Å². The normalized spacial score (nSPS) is 10.4. The van der Waals surface area contributed by atoms with Crippen LogP contribution in [0.1, 0.15) is 20.9 Å². The number of halogens is 2. The summed E-state index contributed by atoms with van der Waals surface area (Å²) < 4.78 is 25.8. The summed E-state index contributed by atoms with van der Waals surface area (Å²) in [7, 11) is 0. The van der Waals surface area contributed by atoms with Crippen LogP contribution in [0.3, 0.4) is 0 Å². The minimum atomic E-state index is -0.557. The predicted molar refractivity (Wildman–Crippen MR) is 103 cm³/mol. The molecular weight excluding hydrogens is 386 g/mol. The fraction of sp³-hybridized carbons (Fsp3) is 0.105. The van der Waals surface area contributed by atoms with Gasteiger partial charge in [0.2, 0.25) is 0 Å². The smallest absolute Gasteiger partial charge is 0.325 e. The maximum absolute atomic E-state index is 12.9. The Morgan fingerprint density at radius 1 is 0.964 bits per heavy atom. The van der Waals surface area contributed by atoms with Gasteiger partial charge in [0.25, 0.3) is 5.91 Å². The van der Waals surface area contributed by atoms with Crippen molar-refractivity contribution >= 4 is 34.1 Å². The van der Waals surface area contributed by atoms with Crippen LogP contribution in [0.15, 0.2) is 48.5 Å². The molecule has 144 valence electrons. The minimum Gasteiger partial charge on any atom is -0.347 e. The molecule has 2 aromatic carbocycles. The fourth-order valence-corrected chi connectivity index (χ4v) is 3.20. The van der Waals surface area contributed by atoms with Crippen LogP contribution in [0.25, 0.3) is 0 Å². The lowest BCUT2D eigenvalue weighted by Crippen LogP contribution is -2.22. The number of hydrogen-bond acceptors (Lipinski definition) is 4. The number of benzene rings is 2. The molecule has 0 spiro atoms. The van der Waals surface area contributed by atoms with Crippen molar-refractivity contribution in [2.24, 2.45) is 0 Å². The standard InChI is InChI=1S/C19H16F2N4O2S/c1-11-16(17(26)22-10-12-2-4-13(20)5-3-12)28-19(23-11)25-18(27)24-15-8-6-14(21)7-9-15/h2-9H,10H2,1H3,(H,22,26)(H2,23,24,25,27). The highest BCUT2D eigenvalue weighted by Gasteiger charge is 2.16. The average Bonchev–Trinajstić information content (AvgIpc) is 3.03. The number of nitrogens with one attached hydrogen (secondary N) is 3. The average molecular weight is 402 g/mol. The van der Waals surface area contributed by atoms with Gasteiger partial charge in [-0.25, -0.2) is 18.6 Å². The number of urea groups is 1. The summed E-state index contributed by atoms with van der Waals surface area (Å²) in [5, 5.41) is 8.07. The van der Waals surface area contributed by atoms with Crippen molar-refractivity contribution in [1.82, 2.24) is 10.3 Å². The first-order valence-electron chi connectivity index (χ1n) is 8.24. The van der Waals surface area contributed by atoms with Gasteiger partial charge in [-0.15, -0.1) is 0 Å². The molecule has 1 heterocycles. The van der Waals surface area contributed by atoms with Crippen molar-refractivity contribution in [3.63, 3.8) is 0 Å². The highest BCUT2D eigenvalue weighted by Crippen LogP contribution is 2.23. The third-order valence-electron chi connectivity index (χ3n) is 3.69. The molecule has 3 rings (SSSR count). The molecule has 0 unspecified atom stereocenters. The summed E-state index contributed by atoms with van der Waals surface area (Å²) in [5.74, 6) is -1.09. The molecule has 0 atom stereocenters. The Labute approximate surface area is 163 Å². The van der Waals surface area contributed by atoms with Crippen molar-refractivity contribution in [1.29, 1.82) is 0 Å². The van der Waals surface area contributed by atoms with Gasteiger partial charge in [0.1, 0.15) is 16.5 Å². The van der Waals surface area contributed by atoms with E-state index in [1.54, 1.807) is 19.1 Å². The molecule has 3 N–H and O–H groups in total. The van der Waals surface area contributed by atoms with E-state index in [0.717, 1.165) is 16.9 Å². The second kappa shape index (κ2) is 8.57. The summed E-state index contributed by atoms with van der Waals surface area (Å²) in [5.41, 5.74) is 1.65. The van der Waals surface area contributed by atoms with Gasteiger partial charge in [-0.1, -0.05) is 23.5 Å². The van der Waals surface area contributed by atoms with E-state index in [9.17, 15) is 18.4 Å². The van der Waals surface area contributed by atoms with Crippen molar-refractivity contribution in [3.05, 3.63) is 76.3 Å². The fourth-order valence-electron chi connectivity index (χ4n) is 2.32. The maximum Gasteiger partial charge on any atom is 0.325 e. The van der Waals surface area contributed by atoms with E-state index in [2.05, 4.69) is 20.9 Å². The lowest BCUT2D eigenvalue weighted by Gasteiger charge is -2.05. The molecule has 0 saturated carbocycles. The first-order valence-corrected chi connectivity index (χ1v) is 9.06. The Balaban J connectivity index is 1.58. The second-order valence-electron chi connectivity index (χ2n) is 5.83. The van der Waals surface area contributed by atoms with Crippen LogP contribution in [-0.4, -0.2) is 16.9 Å². The minimum absolute atomic E-state index is 0.240. The van der Waals surface area contributed by atoms with E-state index in [-0.39, 0.29) is 23.4 Å². The molecule has 9 heteroatoms. The molecule has 3 aromatic rings. The number of thiazole rings is 1. The maximum atomic E-state index is 12.9. The largest absolute Gasteiger partial charge is 0.347 e.